The van der Waals surface area contributed by atoms with Gasteiger partial charge in [-0.15, -0.1) is 0 Å². The van der Waals surface area contributed by atoms with Crippen LogP contribution < -0.4 is 4.74 Å². The molecule has 1 aliphatic rings. The molecule has 0 aromatic heterocycles. The minimum atomic E-state index is 0.304. The molecule has 1 aromatic rings. The molecular weight excluding hydrogens is 308 g/mol. The van der Waals surface area contributed by atoms with Gasteiger partial charge in [0.25, 0.3) is 0 Å². The van der Waals surface area contributed by atoms with E-state index in [1.807, 2.05) is 24.3 Å². The minimum Gasteiger partial charge on any atom is -0.494 e. The second-order valence-corrected chi connectivity index (χ2v) is 6.95. The predicted octanol–water partition coefficient (Wildman–Crippen LogP) is 5.63. The lowest BCUT2D eigenvalue weighted by molar-refractivity contribution is 0.277. The number of allylic oxidation sites excluding steroid dienone is 1. The van der Waals surface area contributed by atoms with Crippen LogP contribution in [0.1, 0.15) is 51.4 Å². The lowest BCUT2D eigenvalue weighted by atomic mass is 10.1. The monoisotopic (exact) mass is 336 g/mol. The molecule has 0 saturated heterocycles. The Morgan fingerprint density at radius 3 is 2.22 bits per heavy atom. The van der Waals surface area contributed by atoms with E-state index in [2.05, 4.69) is 6.58 Å². The predicted molar refractivity (Wildman–Crippen MR) is 97.1 cm³/mol. The van der Waals surface area contributed by atoms with Crippen molar-refractivity contribution in [3.05, 3.63) is 41.4 Å². The lowest BCUT2D eigenvalue weighted by Crippen LogP contribution is -1.97. The molecule has 3 heteroatoms. The fraction of sp³-hybridized carbons (Fsp3) is 0.600. The number of unbranched alkanes of at least 4 members (excludes halogenated alkanes) is 5. The topological polar surface area (TPSA) is 29.5 Å². The maximum atomic E-state index is 8.95. The van der Waals surface area contributed by atoms with Crippen molar-refractivity contribution in [1.82, 2.24) is 0 Å². The molecular formula is C20H29ClO2. The summed E-state index contributed by atoms with van der Waals surface area (Å²) in [5.41, 5.74) is 1.37. The summed E-state index contributed by atoms with van der Waals surface area (Å²) in [5.74, 6) is 2.22. The van der Waals surface area contributed by atoms with Crippen LogP contribution in [0.2, 0.25) is 5.02 Å². The van der Waals surface area contributed by atoms with Crippen molar-refractivity contribution < 1.29 is 9.84 Å². The molecule has 1 aliphatic carbocycles. The van der Waals surface area contributed by atoms with Crippen LogP contribution in [-0.4, -0.2) is 18.3 Å². The highest BCUT2D eigenvalue weighted by Crippen LogP contribution is 2.49. The highest BCUT2D eigenvalue weighted by Gasteiger charge is 2.40. The van der Waals surface area contributed by atoms with Crippen LogP contribution in [0.4, 0.5) is 0 Å². The molecule has 0 amide bonds. The molecule has 2 atom stereocenters. The number of aliphatic hydroxyl groups excluding tert-OH is 1. The number of aliphatic hydroxyl groups is 1. The minimum absolute atomic E-state index is 0.304. The van der Waals surface area contributed by atoms with Crippen molar-refractivity contribution in [2.75, 3.05) is 13.2 Å². The van der Waals surface area contributed by atoms with Crippen LogP contribution >= 0.6 is 11.6 Å². The Hall–Kier alpha value is -0.990. The van der Waals surface area contributed by atoms with E-state index in [9.17, 15) is 0 Å². The second-order valence-electron chi connectivity index (χ2n) is 6.51. The summed E-state index contributed by atoms with van der Waals surface area (Å²) in [6.45, 7) is 5.18. The number of ether oxygens (including phenoxy) is 1. The van der Waals surface area contributed by atoms with Crippen molar-refractivity contribution >= 4 is 11.6 Å². The third-order valence-electron chi connectivity index (χ3n) is 4.76. The molecule has 0 unspecified atom stereocenters. The number of halogens is 1. The van der Waals surface area contributed by atoms with Gasteiger partial charge in [-0.05, 0) is 55.4 Å². The zero-order valence-corrected chi connectivity index (χ0v) is 14.7. The summed E-state index contributed by atoms with van der Waals surface area (Å²) in [6.07, 6.45) is 9.73. The average molecular weight is 337 g/mol. The standard InChI is InChI=1S/C20H29ClO2/c1-16-19(20(16)13-14-22)8-6-4-2-3-5-7-15-23-18-11-9-17(21)10-12-18/h9-12,19-20,22H,1-8,13-15H2/t19-,20+/m0/s1. The molecule has 128 valence electrons. The third-order valence-corrected chi connectivity index (χ3v) is 5.01. The molecule has 0 radical (unpaired) electrons. The van der Waals surface area contributed by atoms with E-state index < -0.39 is 0 Å². The maximum Gasteiger partial charge on any atom is 0.119 e. The van der Waals surface area contributed by atoms with E-state index in [0.29, 0.717) is 18.4 Å². The van der Waals surface area contributed by atoms with Crippen molar-refractivity contribution in [3.8, 4) is 5.75 Å². The van der Waals surface area contributed by atoms with Crippen molar-refractivity contribution in [2.24, 2.45) is 11.8 Å². The Morgan fingerprint density at radius 2 is 1.52 bits per heavy atom. The second kappa shape index (κ2) is 10.00. The fourth-order valence-electron chi connectivity index (χ4n) is 3.25. The van der Waals surface area contributed by atoms with Crippen LogP contribution in [0.3, 0.4) is 0 Å². The number of hydrogen-bond acceptors (Lipinski definition) is 2. The largest absolute Gasteiger partial charge is 0.494 e. The van der Waals surface area contributed by atoms with E-state index >= 15 is 0 Å². The van der Waals surface area contributed by atoms with Gasteiger partial charge >= 0.3 is 0 Å². The quantitative estimate of drug-likeness (QED) is 0.395. The van der Waals surface area contributed by atoms with E-state index in [1.165, 1.54) is 44.1 Å². The highest BCUT2D eigenvalue weighted by atomic mass is 35.5. The van der Waals surface area contributed by atoms with Crippen LogP contribution in [0.5, 0.6) is 5.75 Å². The van der Waals surface area contributed by atoms with Crippen LogP contribution in [-0.2, 0) is 0 Å². The molecule has 1 N–H and O–H groups in total. The molecule has 2 nitrogen and oxygen atoms in total. The van der Waals surface area contributed by atoms with Crippen molar-refractivity contribution in [2.45, 2.75) is 51.4 Å². The molecule has 23 heavy (non-hydrogen) atoms. The van der Waals surface area contributed by atoms with Gasteiger partial charge in [0.1, 0.15) is 5.75 Å². The smallest absolute Gasteiger partial charge is 0.119 e. The van der Waals surface area contributed by atoms with Crippen LogP contribution in [0.25, 0.3) is 0 Å². The molecule has 0 spiro atoms. The highest BCUT2D eigenvalue weighted by molar-refractivity contribution is 6.30. The summed E-state index contributed by atoms with van der Waals surface area (Å²) in [5, 5.41) is 9.70. The van der Waals surface area contributed by atoms with Gasteiger partial charge in [0.05, 0.1) is 6.61 Å². The van der Waals surface area contributed by atoms with E-state index in [-0.39, 0.29) is 0 Å². The molecule has 1 saturated carbocycles. The molecule has 0 heterocycles. The number of benzene rings is 1. The Kier molecular flexibility index (Phi) is 7.98. The molecule has 1 fully saturated rings. The summed E-state index contributed by atoms with van der Waals surface area (Å²) < 4.78 is 5.69. The molecule has 2 rings (SSSR count). The zero-order chi connectivity index (χ0) is 16.5. The first-order chi connectivity index (χ1) is 11.2. The average Bonchev–Trinajstić information content (AvgIpc) is 3.16. The van der Waals surface area contributed by atoms with Gasteiger partial charge in [-0.3, -0.25) is 0 Å². The zero-order valence-electron chi connectivity index (χ0n) is 14.0. The lowest BCUT2D eigenvalue weighted by Gasteiger charge is -2.06. The summed E-state index contributed by atoms with van der Waals surface area (Å²) >= 11 is 5.84. The maximum absolute atomic E-state index is 8.95. The molecule has 0 bridgehead atoms. The van der Waals surface area contributed by atoms with Gasteiger partial charge < -0.3 is 9.84 Å². The van der Waals surface area contributed by atoms with Crippen LogP contribution in [0, 0.1) is 11.8 Å². The van der Waals surface area contributed by atoms with E-state index in [1.54, 1.807) is 0 Å². The van der Waals surface area contributed by atoms with E-state index in [4.69, 9.17) is 21.4 Å². The van der Waals surface area contributed by atoms with Gasteiger partial charge in [0.2, 0.25) is 0 Å². The van der Waals surface area contributed by atoms with Gasteiger partial charge in [-0.2, -0.15) is 0 Å². The van der Waals surface area contributed by atoms with Gasteiger partial charge in [0.15, 0.2) is 0 Å². The number of rotatable bonds is 12. The Balaban J connectivity index is 1.39. The normalized spacial score (nSPS) is 19.8. The van der Waals surface area contributed by atoms with Crippen LogP contribution in [0.15, 0.2) is 36.4 Å². The van der Waals surface area contributed by atoms with Crippen molar-refractivity contribution in [3.63, 3.8) is 0 Å². The fourth-order valence-corrected chi connectivity index (χ4v) is 3.38. The van der Waals surface area contributed by atoms with Gasteiger partial charge in [-0.25, -0.2) is 0 Å². The SMILES string of the molecule is C=C1[C@@H](CCO)[C@H]1CCCCCCCCOc1ccc(Cl)cc1. The Bertz CT molecular complexity index is 469. The number of hydrogen-bond donors (Lipinski definition) is 1. The van der Waals surface area contributed by atoms with E-state index in [0.717, 1.165) is 30.2 Å². The first kappa shape index (κ1) is 18.4. The van der Waals surface area contributed by atoms with Gasteiger partial charge in [0, 0.05) is 11.6 Å². The third kappa shape index (κ3) is 6.56. The molecule has 1 aromatic carbocycles. The summed E-state index contributed by atoms with van der Waals surface area (Å²) in [7, 11) is 0. The Labute approximate surface area is 145 Å². The van der Waals surface area contributed by atoms with Gasteiger partial charge in [-0.1, -0.05) is 55.9 Å². The Morgan fingerprint density at radius 1 is 0.913 bits per heavy atom. The summed E-state index contributed by atoms with van der Waals surface area (Å²) in [4.78, 5) is 0. The van der Waals surface area contributed by atoms with Crippen molar-refractivity contribution in [1.29, 1.82) is 0 Å². The first-order valence-corrected chi connectivity index (χ1v) is 9.28. The summed E-state index contributed by atoms with van der Waals surface area (Å²) in [6, 6.07) is 7.54. The molecule has 0 aliphatic heterocycles. The first-order valence-electron chi connectivity index (χ1n) is 8.90.